The van der Waals surface area contributed by atoms with Crippen molar-refractivity contribution in [1.29, 1.82) is 0 Å². The van der Waals surface area contributed by atoms with Crippen LogP contribution in [0.1, 0.15) is 30.6 Å². The number of nitrogens with one attached hydrogen (secondary N) is 2. The number of likely N-dealkylation sites (tertiary alicyclic amines) is 1. The van der Waals surface area contributed by atoms with Gasteiger partial charge in [0.2, 0.25) is 11.8 Å². The van der Waals surface area contributed by atoms with Gasteiger partial charge in [-0.05, 0) is 48.7 Å². The molecular formula is C22H26FN3O3. The summed E-state index contributed by atoms with van der Waals surface area (Å²) in [6, 6.07) is 10.2. The first kappa shape index (κ1) is 20.8. The van der Waals surface area contributed by atoms with E-state index in [1.165, 1.54) is 24.5 Å². The number of piperidine rings is 1. The van der Waals surface area contributed by atoms with Gasteiger partial charge in [0.1, 0.15) is 11.6 Å². The van der Waals surface area contributed by atoms with Gasteiger partial charge in [-0.1, -0.05) is 12.1 Å². The molecule has 1 aromatic heterocycles. The van der Waals surface area contributed by atoms with Crippen molar-refractivity contribution in [2.45, 2.75) is 31.8 Å². The molecule has 7 heteroatoms. The molecule has 29 heavy (non-hydrogen) atoms. The molecule has 1 saturated heterocycles. The summed E-state index contributed by atoms with van der Waals surface area (Å²) >= 11 is 0. The molecule has 154 valence electrons. The average Bonchev–Trinajstić information content (AvgIpc) is 3.23. The van der Waals surface area contributed by atoms with Crippen molar-refractivity contribution in [2.75, 3.05) is 19.6 Å². The highest BCUT2D eigenvalue weighted by Gasteiger charge is 2.20. The summed E-state index contributed by atoms with van der Waals surface area (Å²) in [5.41, 5.74) is 1.09. The van der Waals surface area contributed by atoms with Crippen molar-refractivity contribution in [3.05, 3.63) is 65.9 Å². The van der Waals surface area contributed by atoms with E-state index in [4.69, 9.17) is 4.42 Å². The molecule has 2 amide bonds. The topological polar surface area (TPSA) is 74.6 Å². The van der Waals surface area contributed by atoms with Crippen molar-refractivity contribution in [3.63, 3.8) is 0 Å². The standard InChI is InChI=1S/C22H26FN3O3/c23-18-5-3-17(4-6-18)16-26-13-10-19(11-14-26)25-22(28)9-12-24-21(27)8-7-20-2-1-15-29-20/h1-8,15,19H,9-14,16H2,(H,24,27)(H,25,28)/b8-7+. The number of nitrogens with zero attached hydrogens (tertiary/aromatic N) is 1. The lowest BCUT2D eigenvalue weighted by Gasteiger charge is -2.32. The fraction of sp³-hybridized carbons (Fsp3) is 0.364. The van der Waals surface area contributed by atoms with Gasteiger partial charge in [-0.15, -0.1) is 0 Å². The Hall–Kier alpha value is -2.93. The van der Waals surface area contributed by atoms with Crippen molar-refractivity contribution >= 4 is 17.9 Å². The highest BCUT2D eigenvalue weighted by atomic mass is 19.1. The predicted octanol–water partition coefficient (Wildman–Crippen LogP) is 2.72. The molecule has 1 aliphatic heterocycles. The molecule has 2 heterocycles. The zero-order valence-electron chi connectivity index (χ0n) is 16.3. The van der Waals surface area contributed by atoms with E-state index in [-0.39, 0.29) is 36.6 Å². The van der Waals surface area contributed by atoms with Gasteiger partial charge in [-0.25, -0.2) is 4.39 Å². The maximum absolute atomic E-state index is 13.0. The zero-order chi connectivity index (χ0) is 20.5. The lowest BCUT2D eigenvalue weighted by molar-refractivity contribution is -0.122. The van der Waals surface area contributed by atoms with Crippen molar-refractivity contribution in [2.24, 2.45) is 0 Å². The lowest BCUT2D eigenvalue weighted by Crippen LogP contribution is -2.44. The monoisotopic (exact) mass is 399 g/mol. The van der Waals surface area contributed by atoms with Crippen LogP contribution in [0.5, 0.6) is 0 Å². The minimum atomic E-state index is -0.261. The second kappa shape index (κ2) is 10.6. The van der Waals surface area contributed by atoms with E-state index in [1.807, 2.05) is 0 Å². The van der Waals surface area contributed by atoms with Crippen LogP contribution in [-0.4, -0.2) is 42.4 Å². The number of carbonyl (C=O) groups excluding carboxylic acids is 2. The number of amides is 2. The Bertz CT molecular complexity index is 810. The summed E-state index contributed by atoms with van der Waals surface area (Å²) < 4.78 is 18.1. The Morgan fingerprint density at radius 3 is 2.62 bits per heavy atom. The second-order valence-electron chi connectivity index (χ2n) is 7.13. The smallest absolute Gasteiger partial charge is 0.244 e. The highest BCUT2D eigenvalue weighted by molar-refractivity contribution is 5.91. The van der Waals surface area contributed by atoms with Gasteiger partial charge < -0.3 is 15.1 Å². The van der Waals surface area contributed by atoms with Crippen LogP contribution >= 0.6 is 0 Å². The molecule has 0 spiro atoms. The number of rotatable bonds is 8. The molecule has 0 atom stereocenters. The molecule has 6 nitrogen and oxygen atoms in total. The molecule has 2 aromatic rings. The molecule has 0 aliphatic carbocycles. The molecule has 0 radical (unpaired) electrons. The fourth-order valence-electron chi connectivity index (χ4n) is 3.29. The second-order valence-corrected chi connectivity index (χ2v) is 7.13. The molecule has 1 aliphatic rings. The van der Waals surface area contributed by atoms with Gasteiger partial charge in [0.05, 0.1) is 6.26 Å². The van der Waals surface area contributed by atoms with Crippen LogP contribution in [0.25, 0.3) is 6.08 Å². The summed E-state index contributed by atoms with van der Waals surface area (Å²) in [5.74, 6) is 0.0594. The Balaban J connectivity index is 1.29. The predicted molar refractivity (Wildman–Crippen MR) is 108 cm³/mol. The number of carbonyl (C=O) groups is 2. The van der Waals surface area contributed by atoms with Crippen LogP contribution in [0.15, 0.2) is 53.2 Å². The molecule has 1 fully saturated rings. The Morgan fingerprint density at radius 2 is 1.93 bits per heavy atom. The number of hydrogen-bond acceptors (Lipinski definition) is 4. The Labute approximate surface area is 169 Å². The summed E-state index contributed by atoms with van der Waals surface area (Å²) in [5, 5.41) is 5.73. The third-order valence-electron chi connectivity index (χ3n) is 4.87. The zero-order valence-corrected chi connectivity index (χ0v) is 16.3. The van der Waals surface area contributed by atoms with Crippen LogP contribution in [0, 0.1) is 5.82 Å². The Kier molecular flexibility index (Phi) is 7.58. The molecule has 0 unspecified atom stereocenters. The number of halogens is 1. The summed E-state index contributed by atoms with van der Waals surface area (Å²) in [7, 11) is 0. The van der Waals surface area contributed by atoms with Crippen LogP contribution in [0.3, 0.4) is 0 Å². The summed E-state index contributed by atoms with van der Waals surface area (Å²) in [6.45, 7) is 2.85. The first-order valence-electron chi connectivity index (χ1n) is 9.84. The molecule has 1 aromatic carbocycles. The van der Waals surface area contributed by atoms with Crippen molar-refractivity contribution in [3.8, 4) is 0 Å². The normalized spacial score (nSPS) is 15.5. The van der Waals surface area contributed by atoms with E-state index in [0.29, 0.717) is 5.76 Å². The average molecular weight is 399 g/mol. The number of benzene rings is 1. The van der Waals surface area contributed by atoms with Gasteiger partial charge in [0.25, 0.3) is 0 Å². The quantitative estimate of drug-likeness (QED) is 0.670. The first-order valence-corrected chi connectivity index (χ1v) is 9.84. The van der Waals surface area contributed by atoms with E-state index in [0.717, 1.165) is 38.0 Å². The van der Waals surface area contributed by atoms with Gasteiger partial charge in [-0.2, -0.15) is 0 Å². The molecule has 0 bridgehead atoms. The van der Waals surface area contributed by atoms with Crippen LogP contribution in [0.2, 0.25) is 0 Å². The first-order chi connectivity index (χ1) is 14.1. The SMILES string of the molecule is O=C(/C=C/c1ccco1)NCCC(=O)NC1CCN(Cc2ccc(F)cc2)CC1. The van der Waals surface area contributed by atoms with E-state index < -0.39 is 0 Å². The van der Waals surface area contributed by atoms with Crippen LogP contribution < -0.4 is 10.6 Å². The minimum absolute atomic E-state index is 0.0581. The minimum Gasteiger partial charge on any atom is -0.465 e. The van der Waals surface area contributed by atoms with E-state index >= 15 is 0 Å². The third kappa shape index (κ3) is 7.19. The largest absolute Gasteiger partial charge is 0.465 e. The van der Waals surface area contributed by atoms with Gasteiger partial charge >= 0.3 is 0 Å². The van der Waals surface area contributed by atoms with Crippen LogP contribution in [0.4, 0.5) is 4.39 Å². The number of hydrogen-bond donors (Lipinski definition) is 2. The summed E-state index contributed by atoms with van der Waals surface area (Å²) in [6.07, 6.45) is 6.50. The van der Waals surface area contributed by atoms with E-state index in [1.54, 1.807) is 30.3 Å². The van der Waals surface area contributed by atoms with E-state index in [9.17, 15) is 14.0 Å². The molecule has 2 N–H and O–H groups in total. The van der Waals surface area contributed by atoms with Gasteiger partial charge in [0.15, 0.2) is 0 Å². The third-order valence-corrected chi connectivity index (χ3v) is 4.87. The van der Waals surface area contributed by atoms with Crippen LogP contribution in [-0.2, 0) is 16.1 Å². The van der Waals surface area contributed by atoms with Crippen molar-refractivity contribution < 1.29 is 18.4 Å². The van der Waals surface area contributed by atoms with Gasteiger partial charge in [0, 0.05) is 44.7 Å². The maximum atomic E-state index is 13.0. The molecule has 0 saturated carbocycles. The summed E-state index contributed by atoms with van der Waals surface area (Å²) in [4.78, 5) is 26.1. The molecule has 3 rings (SSSR count). The lowest BCUT2D eigenvalue weighted by atomic mass is 10.0. The fourth-order valence-corrected chi connectivity index (χ4v) is 3.29. The van der Waals surface area contributed by atoms with Crippen molar-refractivity contribution in [1.82, 2.24) is 15.5 Å². The van der Waals surface area contributed by atoms with E-state index in [2.05, 4.69) is 15.5 Å². The maximum Gasteiger partial charge on any atom is 0.244 e. The van der Waals surface area contributed by atoms with Gasteiger partial charge in [-0.3, -0.25) is 14.5 Å². The molecular weight excluding hydrogens is 373 g/mol. The number of furan rings is 1. The highest BCUT2D eigenvalue weighted by Crippen LogP contribution is 2.14. The Morgan fingerprint density at radius 1 is 1.17 bits per heavy atom.